The Morgan fingerprint density at radius 1 is 1.20 bits per heavy atom. The molecule has 1 rings (SSSR count). The van der Waals surface area contributed by atoms with E-state index in [0.29, 0.717) is 5.69 Å². The van der Waals surface area contributed by atoms with Gasteiger partial charge in [0.2, 0.25) is 11.8 Å². The highest BCUT2D eigenvalue weighted by molar-refractivity contribution is 6.01. The predicted molar refractivity (Wildman–Crippen MR) is 58.1 cm³/mol. The van der Waals surface area contributed by atoms with Crippen molar-refractivity contribution in [1.29, 1.82) is 0 Å². The first-order valence-corrected chi connectivity index (χ1v) is 4.18. The van der Waals surface area contributed by atoms with E-state index in [1.165, 1.54) is 19.1 Å². The molecule has 0 heterocycles. The zero-order valence-corrected chi connectivity index (χ0v) is 8.20. The van der Waals surface area contributed by atoms with Crippen LogP contribution in [-0.2, 0) is 4.79 Å². The SMILES string of the molecule is CC(=O)Nc1c(N)cc(C(N)=O)cc1N. The van der Waals surface area contributed by atoms with Crippen molar-refractivity contribution in [3.05, 3.63) is 17.7 Å². The van der Waals surface area contributed by atoms with Crippen LogP contribution >= 0.6 is 0 Å². The molecule has 0 fully saturated rings. The summed E-state index contributed by atoms with van der Waals surface area (Å²) < 4.78 is 0. The molecule has 6 heteroatoms. The number of nitrogen functional groups attached to an aromatic ring is 2. The van der Waals surface area contributed by atoms with Crippen LogP contribution in [0.4, 0.5) is 17.1 Å². The Hall–Kier alpha value is -2.24. The van der Waals surface area contributed by atoms with Crippen molar-refractivity contribution in [3.8, 4) is 0 Å². The van der Waals surface area contributed by atoms with Crippen LogP contribution in [0.25, 0.3) is 0 Å². The average molecular weight is 208 g/mol. The van der Waals surface area contributed by atoms with Crippen LogP contribution in [0, 0.1) is 0 Å². The van der Waals surface area contributed by atoms with Crippen LogP contribution in [0.2, 0.25) is 0 Å². The fourth-order valence-corrected chi connectivity index (χ4v) is 1.15. The van der Waals surface area contributed by atoms with E-state index in [9.17, 15) is 9.59 Å². The number of nitrogens with one attached hydrogen (secondary N) is 1. The molecule has 6 nitrogen and oxygen atoms in total. The smallest absolute Gasteiger partial charge is 0.248 e. The molecular weight excluding hydrogens is 196 g/mol. The van der Waals surface area contributed by atoms with Gasteiger partial charge in [-0.3, -0.25) is 9.59 Å². The first-order chi connectivity index (χ1) is 6.91. The van der Waals surface area contributed by atoms with Crippen molar-refractivity contribution in [1.82, 2.24) is 0 Å². The van der Waals surface area contributed by atoms with Gasteiger partial charge < -0.3 is 22.5 Å². The molecule has 0 unspecified atom stereocenters. The lowest BCUT2D eigenvalue weighted by molar-refractivity contribution is -0.114. The zero-order chi connectivity index (χ0) is 11.6. The van der Waals surface area contributed by atoms with Gasteiger partial charge in [-0.05, 0) is 12.1 Å². The van der Waals surface area contributed by atoms with Gasteiger partial charge in [0.15, 0.2) is 0 Å². The van der Waals surface area contributed by atoms with Crippen molar-refractivity contribution in [3.63, 3.8) is 0 Å². The van der Waals surface area contributed by atoms with Crippen molar-refractivity contribution in [2.75, 3.05) is 16.8 Å². The molecule has 15 heavy (non-hydrogen) atoms. The van der Waals surface area contributed by atoms with Gasteiger partial charge in [-0.15, -0.1) is 0 Å². The van der Waals surface area contributed by atoms with Gasteiger partial charge in [0.25, 0.3) is 0 Å². The van der Waals surface area contributed by atoms with E-state index in [-0.39, 0.29) is 22.8 Å². The Bertz CT molecular complexity index is 405. The van der Waals surface area contributed by atoms with Gasteiger partial charge in [-0.1, -0.05) is 0 Å². The fraction of sp³-hybridized carbons (Fsp3) is 0.111. The van der Waals surface area contributed by atoms with Gasteiger partial charge in [-0.25, -0.2) is 0 Å². The number of nitrogens with two attached hydrogens (primary N) is 3. The molecule has 0 saturated carbocycles. The van der Waals surface area contributed by atoms with Gasteiger partial charge in [0, 0.05) is 12.5 Å². The maximum absolute atomic E-state index is 10.9. The van der Waals surface area contributed by atoms with E-state index >= 15 is 0 Å². The number of hydrogen-bond donors (Lipinski definition) is 4. The highest BCUT2D eigenvalue weighted by atomic mass is 16.1. The first-order valence-electron chi connectivity index (χ1n) is 4.18. The van der Waals surface area contributed by atoms with Crippen LogP contribution in [0.3, 0.4) is 0 Å². The number of amides is 2. The molecule has 1 aromatic carbocycles. The van der Waals surface area contributed by atoms with Gasteiger partial charge >= 0.3 is 0 Å². The Labute approximate surface area is 86.4 Å². The minimum absolute atomic E-state index is 0.207. The van der Waals surface area contributed by atoms with Gasteiger partial charge in [-0.2, -0.15) is 0 Å². The van der Waals surface area contributed by atoms with E-state index in [2.05, 4.69) is 5.32 Å². The molecule has 0 radical (unpaired) electrons. The van der Waals surface area contributed by atoms with Crippen molar-refractivity contribution in [2.45, 2.75) is 6.92 Å². The summed E-state index contributed by atoms with van der Waals surface area (Å²) in [5, 5.41) is 2.47. The molecule has 0 saturated heterocycles. The van der Waals surface area contributed by atoms with E-state index in [4.69, 9.17) is 17.2 Å². The van der Waals surface area contributed by atoms with E-state index in [0.717, 1.165) is 0 Å². The van der Waals surface area contributed by atoms with Crippen LogP contribution < -0.4 is 22.5 Å². The normalized spacial score (nSPS) is 9.67. The molecule has 0 bridgehead atoms. The lowest BCUT2D eigenvalue weighted by Crippen LogP contribution is -2.15. The number of hydrogen-bond acceptors (Lipinski definition) is 4. The van der Waals surface area contributed by atoms with Crippen molar-refractivity contribution >= 4 is 28.9 Å². The summed E-state index contributed by atoms with van der Waals surface area (Å²) in [7, 11) is 0. The fourth-order valence-electron chi connectivity index (χ4n) is 1.15. The Morgan fingerprint density at radius 3 is 2.00 bits per heavy atom. The highest BCUT2D eigenvalue weighted by Crippen LogP contribution is 2.27. The third kappa shape index (κ3) is 2.37. The summed E-state index contributed by atoms with van der Waals surface area (Å²) in [5.74, 6) is -0.914. The molecule has 0 atom stereocenters. The quantitative estimate of drug-likeness (QED) is 0.507. The van der Waals surface area contributed by atoms with Gasteiger partial charge in [0.1, 0.15) is 0 Å². The molecule has 80 valence electrons. The van der Waals surface area contributed by atoms with Crippen LogP contribution in [-0.4, -0.2) is 11.8 Å². The second kappa shape index (κ2) is 3.87. The third-order valence-electron chi connectivity index (χ3n) is 1.78. The van der Waals surface area contributed by atoms with Crippen molar-refractivity contribution < 1.29 is 9.59 Å². The average Bonchev–Trinajstić information content (AvgIpc) is 2.10. The maximum Gasteiger partial charge on any atom is 0.248 e. The van der Waals surface area contributed by atoms with Crippen LogP contribution in [0.15, 0.2) is 12.1 Å². The lowest BCUT2D eigenvalue weighted by Gasteiger charge is -2.10. The molecule has 1 aromatic rings. The van der Waals surface area contributed by atoms with Crippen LogP contribution in [0.1, 0.15) is 17.3 Å². The summed E-state index contributed by atoms with van der Waals surface area (Å²) in [6.07, 6.45) is 0. The molecule has 0 aliphatic heterocycles. The van der Waals surface area contributed by atoms with E-state index < -0.39 is 5.91 Å². The molecule has 0 spiro atoms. The minimum atomic E-state index is -0.622. The molecular formula is C9H12N4O2. The number of carbonyl (C=O) groups is 2. The number of primary amides is 1. The number of rotatable bonds is 2. The monoisotopic (exact) mass is 208 g/mol. The number of anilines is 3. The van der Waals surface area contributed by atoms with Crippen molar-refractivity contribution in [2.24, 2.45) is 5.73 Å². The maximum atomic E-state index is 10.9. The summed E-state index contributed by atoms with van der Waals surface area (Å²) in [5.41, 5.74) is 17.2. The number of carbonyl (C=O) groups excluding carboxylic acids is 2. The van der Waals surface area contributed by atoms with Crippen LogP contribution in [0.5, 0.6) is 0 Å². The minimum Gasteiger partial charge on any atom is -0.397 e. The molecule has 0 aliphatic carbocycles. The summed E-state index contributed by atoms with van der Waals surface area (Å²) in [4.78, 5) is 21.7. The second-order valence-electron chi connectivity index (χ2n) is 3.08. The second-order valence-corrected chi connectivity index (χ2v) is 3.08. The molecule has 0 aromatic heterocycles. The predicted octanol–water partition coefficient (Wildman–Crippen LogP) is -0.0917. The third-order valence-corrected chi connectivity index (χ3v) is 1.78. The molecule has 7 N–H and O–H groups in total. The highest BCUT2D eigenvalue weighted by Gasteiger charge is 2.10. The number of benzene rings is 1. The van der Waals surface area contributed by atoms with Gasteiger partial charge in [0.05, 0.1) is 17.1 Å². The topological polar surface area (TPSA) is 124 Å². The van der Waals surface area contributed by atoms with E-state index in [1.54, 1.807) is 0 Å². The Balaban J connectivity index is 3.21. The molecule has 0 aliphatic rings. The summed E-state index contributed by atoms with van der Waals surface area (Å²) >= 11 is 0. The zero-order valence-electron chi connectivity index (χ0n) is 8.20. The summed E-state index contributed by atoms with van der Waals surface area (Å²) in [6, 6.07) is 2.73. The largest absolute Gasteiger partial charge is 0.397 e. The van der Waals surface area contributed by atoms with E-state index in [1.807, 2.05) is 0 Å². The first kappa shape index (κ1) is 10.8. The summed E-state index contributed by atoms with van der Waals surface area (Å²) in [6.45, 7) is 1.33. The lowest BCUT2D eigenvalue weighted by atomic mass is 10.1. The Morgan fingerprint density at radius 2 is 1.67 bits per heavy atom. The standard InChI is InChI=1S/C9H12N4O2/c1-4(14)13-8-6(10)2-5(9(12)15)3-7(8)11/h2-3H,10-11H2,1H3,(H2,12,15)(H,13,14). The Kier molecular flexibility index (Phi) is 2.80. The molecule has 2 amide bonds.